The van der Waals surface area contributed by atoms with E-state index in [2.05, 4.69) is 9.46 Å². The zero-order valence-corrected chi connectivity index (χ0v) is 13.7. The third-order valence-electron chi connectivity index (χ3n) is 3.16. The molecule has 124 valence electrons. The fourth-order valence-corrected chi connectivity index (χ4v) is 2.78. The van der Waals surface area contributed by atoms with Crippen LogP contribution in [0.2, 0.25) is 0 Å². The van der Waals surface area contributed by atoms with Crippen molar-refractivity contribution in [2.24, 2.45) is 5.41 Å². The molecule has 0 unspecified atom stereocenters. The highest BCUT2D eigenvalue weighted by atomic mass is 32.2. The van der Waals surface area contributed by atoms with Crippen molar-refractivity contribution >= 4 is 22.0 Å². The summed E-state index contributed by atoms with van der Waals surface area (Å²) in [6.45, 7) is 4.07. The Balaban J connectivity index is 4.02. The van der Waals surface area contributed by atoms with E-state index in [0.717, 1.165) is 0 Å². The second-order valence-corrected chi connectivity index (χ2v) is 7.63. The number of carboxylic acids is 1. The van der Waals surface area contributed by atoms with Gasteiger partial charge in [-0.1, -0.05) is 13.8 Å². The smallest absolute Gasteiger partial charge is 0.305 e. The monoisotopic (exact) mass is 323 g/mol. The molecule has 0 fully saturated rings. The van der Waals surface area contributed by atoms with Crippen LogP contribution in [-0.2, 0) is 24.3 Å². The first-order chi connectivity index (χ1) is 9.58. The lowest BCUT2D eigenvalue weighted by Gasteiger charge is -2.23. The summed E-state index contributed by atoms with van der Waals surface area (Å²) in [5, 5.41) is 8.64. The normalized spacial score (nSPS) is 12.1. The third kappa shape index (κ3) is 11.2. The SMILES string of the molecule is COC(=O)CCCS(=O)(=O)NCCC(C)(C)CCC(=O)O. The summed E-state index contributed by atoms with van der Waals surface area (Å²) in [7, 11) is -2.16. The lowest BCUT2D eigenvalue weighted by molar-refractivity contribution is -0.140. The Morgan fingerprint density at radius 2 is 1.81 bits per heavy atom. The van der Waals surface area contributed by atoms with Crippen LogP contribution in [0, 0.1) is 5.41 Å². The first kappa shape index (κ1) is 19.9. The maximum Gasteiger partial charge on any atom is 0.305 e. The number of carboxylic acid groups (broad SMARTS) is 1. The Kier molecular flexibility index (Phi) is 8.50. The molecule has 0 saturated heterocycles. The van der Waals surface area contributed by atoms with Gasteiger partial charge in [0, 0.05) is 19.4 Å². The molecular weight excluding hydrogens is 298 g/mol. The fourth-order valence-electron chi connectivity index (χ4n) is 1.70. The summed E-state index contributed by atoms with van der Waals surface area (Å²) in [6.07, 6.45) is 1.40. The predicted molar refractivity (Wildman–Crippen MR) is 78.3 cm³/mol. The Labute approximate surface area is 126 Å². The molecule has 0 atom stereocenters. The topological polar surface area (TPSA) is 110 Å². The van der Waals surface area contributed by atoms with Gasteiger partial charge in [-0.15, -0.1) is 0 Å². The first-order valence-electron chi connectivity index (χ1n) is 6.84. The molecule has 0 amide bonds. The molecule has 0 heterocycles. The van der Waals surface area contributed by atoms with Crippen LogP contribution in [0.15, 0.2) is 0 Å². The highest BCUT2D eigenvalue weighted by molar-refractivity contribution is 7.89. The van der Waals surface area contributed by atoms with Gasteiger partial charge in [0.25, 0.3) is 0 Å². The van der Waals surface area contributed by atoms with Gasteiger partial charge in [-0.2, -0.15) is 0 Å². The van der Waals surface area contributed by atoms with Crippen molar-refractivity contribution in [1.82, 2.24) is 4.72 Å². The van der Waals surface area contributed by atoms with Gasteiger partial charge < -0.3 is 9.84 Å². The van der Waals surface area contributed by atoms with Crippen LogP contribution in [0.25, 0.3) is 0 Å². The van der Waals surface area contributed by atoms with Gasteiger partial charge in [-0.05, 0) is 24.7 Å². The average molecular weight is 323 g/mol. The van der Waals surface area contributed by atoms with Gasteiger partial charge in [-0.25, -0.2) is 13.1 Å². The molecule has 0 rings (SSSR count). The average Bonchev–Trinajstić information content (AvgIpc) is 2.35. The molecule has 0 spiro atoms. The minimum Gasteiger partial charge on any atom is -0.481 e. The molecule has 0 aromatic carbocycles. The van der Waals surface area contributed by atoms with Crippen LogP contribution < -0.4 is 4.72 Å². The second-order valence-electron chi connectivity index (χ2n) is 5.70. The number of carbonyl (C=O) groups excluding carboxylic acids is 1. The highest BCUT2D eigenvalue weighted by Crippen LogP contribution is 2.26. The predicted octanol–water partition coefficient (Wildman–Crippen LogP) is 1.14. The van der Waals surface area contributed by atoms with E-state index in [1.54, 1.807) is 0 Å². The number of esters is 1. The van der Waals surface area contributed by atoms with Gasteiger partial charge in [0.1, 0.15) is 0 Å². The molecule has 0 radical (unpaired) electrons. The standard InChI is InChI=1S/C13H25NO6S/c1-13(2,7-6-11(15)16)8-9-14-21(18,19)10-4-5-12(17)20-3/h14H,4-10H2,1-3H3,(H,15,16). The Bertz CT molecular complexity index is 444. The van der Waals surface area contributed by atoms with Crippen molar-refractivity contribution in [3.05, 3.63) is 0 Å². The molecular formula is C13H25NO6S. The van der Waals surface area contributed by atoms with E-state index in [-0.39, 0.29) is 37.0 Å². The number of hydrogen-bond acceptors (Lipinski definition) is 5. The first-order valence-corrected chi connectivity index (χ1v) is 8.49. The van der Waals surface area contributed by atoms with Crippen molar-refractivity contribution < 1.29 is 27.9 Å². The molecule has 0 aliphatic heterocycles. The molecule has 0 aliphatic carbocycles. The van der Waals surface area contributed by atoms with Gasteiger partial charge >= 0.3 is 11.9 Å². The van der Waals surface area contributed by atoms with E-state index >= 15 is 0 Å². The lowest BCUT2D eigenvalue weighted by atomic mass is 9.84. The quantitative estimate of drug-likeness (QED) is 0.552. The maximum absolute atomic E-state index is 11.7. The maximum atomic E-state index is 11.7. The number of nitrogens with one attached hydrogen (secondary N) is 1. The number of aliphatic carboxylic acids is 1. The zero-order chi connectivity index (χ0) is 16.5. The van der Waals surface area contributed by atoms with Crippen LogP contribution in [0.3, 0.4) is 0 Å². The molecule has 7 nitrogen and oxygen atoms in total. The molecule has 2 N–H and O–H groups in total. The van der Waals surface area contributed by atoms with Gasteiger partial charge in [0.2, 0.25) is 10.0 Å². The molecule has 0 bridgehead atoms. The van der Waals surface area contributed by atoms with Crippen molar-refractivity contribution in [2.45, 2.75) is 46.0 Å². The van der Waals surface area contributed by atoms with Crippen LogP contribution in [0.4, 0.5) is 0 Å². The van der Waals surface area contributed by atoms with Crippen LogP contribution >= 0.6 is 0 Å². The summed E-state index contributed by atoms with van der Waals surface area (Å²) >= 11 is 0. The number of rotatable bonds is 11. The summed E-state index contributed by atoms with van der Waals surface area (Å²) in [4.78, 5) is 21.4. The van der Waals surface area contributed by atoms with E-state index in [4.69, 9.17) is 5.11 Å². The number of hydrogen-bond donors (Lipinski definition) is 2. The minimum atomic E-state index is -3.41. The molecule has 21 heavy (non-hydrogen) atoms. The Morgan fingerprint density at radius 3 is 2.33 bits per heavy atom. The number of carbonyl (C=O) groups is 2. The largest absolute Gasteiger partial charge is 0.481 e. The molecule has 0 aromatic rings. The second kappa shape index (κ2) is 8.99. The highest BCUT2D eigenvalue weighted by Gasteiger charge is 2.20. The van der Waals surface area contributed by atoms with Crippen LogP contribution in [0.5, 0.6) is 0 Å². The van der Waals surface area contributed by atoms with Crippen LogP contribution in [0.1, 0.15) is 46.0 Å². The van der Waals surface area contributed by atoms with E-state index < -0.39 is 22.0 Å². The Hall–Kier alpha value is -1.15. The van der Waals surface area contributed by atoms with Gasteiger partial charge in [-0.3, -0.25) is 9.59 Å². The van der Waals surface area contributed by atoms with Crippen LogP contribution in [-0.4, -0.2) is 44.9 Å². The number of sulfonamides is 1. The zero-order valence-electron chi connectivity index (χ0n) is 12.8. The molecule has 8 heteroatoms. The van der Waals surface area contributed by atoms with Crippen molar-refractivity contribution in [2.75, 3.05) is 19.4 Å². The van der Waals surface area contributed by atoms with Crippen molar-refractivity contribution in [3.63, 3.8) is 0 Å². The summed E-state index contributed by atoms with van der Waals surface area (Å²) in [5.41, 5.74) is -0.243. The van der Waals surface area contributed by atoms with E-state index in [9.17, 15) is 18.0 Å². The van der Waals surface area contributed by atoms with Crippen molar-refractivity contribution in [3.8, 4) is 0 Å². The minimum absolute atomic E-state index is 0.0683. The molecule has 0 aliphatic rings. The van der Waals surface area contributed by atoms with Crippen molar-refractivity contribution in [1.29, 1.82) is 0 Å². The van der Waals surface area contributed by atoms with E-state index in [1.807, 2.05) is 13.8 Å². The number of methoxy groups -OCH3 is 1. The molecule has 0 aromatic heterocycles. The Morgan fingerprint density at radius 1 is 1.19 bits per heavy atom. The fraction of sp³-hybridized carbons (Fsp3) is 0.846. The lowest BCUT2D eigenvalue weighted by Crippen LogP contribution is -2.30. The van der Waals surface area contributed by atoms with E-state index in [1.165, 1.54) is 7.11 Å². The summed E-state index contributed by atoms with van der Waals surface area (Å²) in [5.74, 6) is -1.41. The molecule has 0 saturated carbocycles. The van der Waals surface area contributed by atoms with Gasteiger partial charge in [0.15, 0.2) is 0 Å². The third-order valence-corrected chi connectivity index (χ3v) is 4.63. The van der Waals surface area contributed by atoms with E-state index in [0.29, 0.717) is 12.8 Å². The van der Waals surface area contributed by atoms with Gasteiger partial charge in [0.05, 0.1) is 12.9 Å². The summed E-state index contributed by atoms with van der Waals surface area (Å²) in [6, 6.07) is 0. The number of ether oxygens (including phenoxy) is 1. The summed E-state index contributed by atoms with van der Waals surface area (Å²) < 4.78 is 30.3.